The number of nitrogens with one attached hydrogen (secondary N) is 1. The summed E-state index contributed by atoms with van der Waals surface area (Å²) in [6.45, 7) is 3.62. The van der Waals surface area contributed by atoms with Crippen molar-refractivity contribution in [2.24, 2.45) is 0 Å². The van der Waals surface area contributed by atoms with Gasteiger partial charge in [-0.25, -0.2) is 4.98 Å². The van der Waals surface area contributed by atoms with Crippen molar-refractivity contribution in [3.05, 3.63) is 16.4 Å². The number of aliphatic hydroxyl groups is 1. The van der Waals surface area contributed by atoms with Gasteiger partial charge in [-0.1, -0.05) is 13.8 Å². The minimum absolute atomic E-state index is 0.0506. The molecule has 0 saturated carbocycles. The van der Waals surface area contributed by atoms with Crippen molar-refractivity contribution in [2.75, 3.05) is 19.0 Å². The predicted octanol–water partition coefficient (Wildman–Crippen LogP) is 1.36. The Hall–Kier alpha value is -1.96. The molecule has 0 aromatic carbocycles. The zero-order chi connectivity index (χ0) is 14.5. The lowest BCUT2D eigenvalue weighted by Gasteiger charge is -2.30. The third-order valence-electron chi connectivity index (χ3n) is 3.20. The number of nitro groups is 1. The number of aliphatic hydroxyl groups excluding tert-OH is 1. The molecule has 0 amide bonds. The van der Waals surface area contributed by atoms with E-state index >= 15 is 0 Å². The lowest BCUT2D eigenvalue weighted by atomic mass is 9.94. The number of nitrogens with zero attached hydrogens (tertiary/aromatic N) is 3. The van der Waals surface area contributed by atoms with Crippen LogP contribution in [0.15, 0.2) is 6.33 Å². The molecule has 0 aliphatic heterocycles. The van der Waals surface area contributed by atoms with Crippen LogP contribution < -0.4 is 10.1 Å². The predicted molar refractivity (Wildman–Crippen MR) is 69.3 cm³/mol. The lowest BCUT2D eigenvalue weighted by Crippen LogP contribution is -2.41. The van der Waals surface area contributed by atoms with Gasteiger partial charge >= 0.3 is 5.69 Å². The molecule has 0 unspecified atom stereocenters. The molecule has 0 aliphatic rings. The molecular formula is C11H18N4O4. The van der Waals surface area contributed by atoms with Gasteiger partial charge in [0, 0.05) is 0 Å². The van der Waals surface area contributed by atoms with E-state index in [1.54, 1.807) is 0 Å². The van der Waals surface area contributed by atoms with Crippen molar-refractivity contribution in [2.45, 2.75) is 32.2 Å². The smallest absolute Gasteiger partial charge is 0.372 e. The second-order valence-corrected chi connectivity index (χ2v) is 4.11. The highest BCUT2D eigenvalue weighted by Crippen LogP contribution is 2.33. The third kappa shape index (κ3) is 3.08. The molecule has 106 valence electrons. The lowest BCUT2D eigenvalue weighted by molar-refractivity contribution is -0.385. The van der Waals surface area contributed by atoms with Gasteiger partial charge in [-0.05, 0) is 12.8 Å². The Balaban J connectivity index is 3.23. The van der Waals surface area contributed by atoms with Gasteiger partial charge in [0.25, 0.3) is 5.88 Å². The summed E-state index contributed by atoms with van der Waals surface area (Å²) in [4.78, 5) is 18.1. The van der Waals surface area contributed by atoms with Crippen LogP contribution in [0.2, 0.25) is 0 Å². The van der Waals surface area contributed by atoms with Crippen LogP contribution in [0.25, 0.3) is 0 Å². The summed E-state index contributed by atoms with van der Waals surface area (Å²) in [6, 6.07) is 0. The average molecular weight is 270 g/mol. The molecule has 0 bridgehead atoms. The van der Waals surface area contributed by atoms with Crippen LogP contribution in [0.4, 0.5) is 11.5 Å². The maximum Gasteiger partial charge on any atom is 0.372 e. The summed E-state index contributed by atoms with van der Waals surface area (Å²) >= 11 is 0. The van der Waals surface area contributed by atoms with Gasteiger partial charge < -0.3 is 15.2 Å². The molecule has 0 saturated heterocycles. The summed E-state index contributed by atoms with van der Waals surface area (Å²) in [7, 11) is 1.30. The number of hydrogen-bond acceptors (Lipinski definition) is 7. The van der Waals surface area contributed by atoms with Crippen LogP contribution in [0.3, 0.4) is 0 Å². The van der Waals surface area contributed by atoms with Crippen molar-refractivity contribution in [3.63, 3.8) is 0 Å². The molecule has 19 heavy (non-hydrogen) atoms. The molecule has 1 aromatic rings. The van der Waals surface area contributed by atoms with E-state index in [-0.39, 0.29) is 24.0 Å². The Morgan fingerprint density at radius 2 is 2.11 bits per heavy atom. The molecule has 0 fully saturated rings. The maximum atomic E-state index is 11.1. The van der Waals surface area contributed by atoms with Crippen LogP contribution in [-0.4, -0.2) is 39.3 Å². The number of hydrogen-bond donors (Lipinski definition) is 2. The first-order chi connectivity index (χ1) is 9.03. The fraction of sp³-hybridized carbons (Fsp3) is 0.636. The van der Waals surface area contributed by atoms with Crippen molar-refractivity contribution in [1.82, 2.24) is 9.97 Å². The Morgan fingerprint density at radius 3 is 2.53 bits per heavy atom. The topological polar surface area (TPSA) is 110 Å². The number of aromatic nitrogens is 2. The summed E-state index contributed by atoms with van der Waals surface area (Å²) in [5.41, 5.74) is -0.978. The number of methoxy groups -OCH3 is 1. The van der Waals surface area contributed by atoms with Gasteiger partial charge in [0.2, 0.25) is 5.82 Å². The molecule has 0 radical (unpaired) electrons. The quantitative estimate of drug-likeness (QED) is 0.568. The van der Waals surface area contributed by atoms with Gasteiger partial charge in [0.15, 0.2) is 0 Å². The number of rotatable bonds is 7. The van der Waals surface area contributed by atoms with Crippen LogP contribution in [0, 0.1) is 10.1 Å². The van der Waals surface area contributed by atoms with E-state index in [0.717, 1.165) is 0 Å². The van der Waals surface area contributed by atoms with Gasteiger partial charge in [-0.3, -0.25) is 10.1 Å². The molecule has 8 heteroatoms. The van der Waals surface area contributed by atoms with Crippen LogP contribution >= 0.6 is 0 Å². The Labute approximate surface area is 111 Å². The van der Waals surface area contributed by atoms with E-state index < -0.39 is 10.5 Å². The minimum atomic E-state index is -0.649. The monoisotopic (exact) mass is 270 g/mol. The van der Waals surface area contributed by atoms with Gasteiger partial charge in [-0.15, -0.1) is 0 Å². The molecule has 0 spiro atoms. The normalized spacial score (nSPS) is 11.2. The molecule has 0 aliphatic carbocycles. The fourth-order valence-electron chi connectivity index (χ4n) is 1.71. The fourth-order valence-corrected chi connectivity index (χ4v) is 1.71. The van der Waals surface area contributed by atoms with Gasteiger partial charge in [0.05, 0.1) is 24.2 Å². The third-order valence-corrected chi connectivity index (χ3v) is 3.20. The highest BCUT2D eigenvalue weighted by molar-refractivity contribution is 5.62. The molecule has 8 nitrogen and oxygen atoms in total. The second kappa shape index (κ2) is 6.28. The number of anilines is 1. The highest BCUT2D eigenvalue weighted by Gasteiger charge is 2.31. The molecule has 1 aromatic heterocycles. The van der Waals surface area contributed by atoms with E-state index in [2.05, 4.69) is 15.3 Å². The molecule has 1 rings (SSSR count). The summed E-state index contributed by atoms with van der Waals surface area (Å²) in [5.74, 6) is -0.0591. The SMILES string of the molecule is CCC(CC)(CO)Nc1ncnc(OC)c1[N+](=O)[O-]. The zero-order valence-corrected chi connectivity index (χ0v) is 11.2. The molecular weight excluding hydrogens is 252 g/mol. The van der Waals surface area contributed by atoms with E-state index in [1.807, 2.05) is 13.8 Å². The largest absolute Gasteiger partial charge is 0.476 e. The summed E-state index contributed by atoms with van der Waals surface area (Å²) in [6.07, 6.45) is 2.38. The average Bonchev–Trinajstić information content (AvgIpc) is 2.44. The molecule has 0 atom stereocenters. The Morgan fingerprint density at radius 1 is 1.47 bits per heavy atom. The van der Waals surface area contributed by atoms with Crippen molar-refractivity contribution < 1.29 is 14.8 Å². The minimum Gasteiger partial charge on any atom is -0.476 e. The van der Waals surface area contributed by atoms with E-state index in [0.29, 0.717) is 12.8 Å². The maximum absolute atomic E-state index is 11.1. The van der Waals surface area contributed by atoms with E-state index in [9.17, 15) is 15.2 Å². The number of ether oxygens (including phenoxy) is 1. The molecule has 1 heterocycles. The standard InChI is InChI=1S/C11H18N4O4/c1-4-11(5-2,6-16)14-9-8(15(17)18)10(19-3)13-7-12-9/h7,16H,4-6H2,1-3H3,(H,12,13,14). The Kier molecular flexibility index (Phi) is 4.99. The summed E-state index contributed by atoms with van der Waals surface area (Å²) in [5, 5.41) is 23.5. The zero-order valence-electron chi connectivity index (χ0n) is 11.2. The van der Waals surface area contributed by atoms with E-state index in [4.69, 9.17) is 4.74 Å². The van der Waals surface area contributed by atoms with Crippen LogP contribution in [0.5, 0.6) is 5.88 Å². The molecule has 2 N–H and O–H groups in total. The first-order valence-electron chi connectivity index (χ1n) is 5.96. The van der Waals surface area contributed by atoms with Gasteiger partial charge in [0.1, 0.15) is 6.33 Å². The second-order valence-electron chi connectivity index (χ2n) is 4.11. The van der Waals surface area contributed by atoms with Gasteiger partial charge in [-0.2, -0.15) is 4.98 Å². The van der Waals surface area contributed by atoms with Crippen LogP contribution in [0.1, 0.15) is 26.7 Å². The first kappa shape index (κ1) is 15.1. The summed E-state index contributed by atoms with van der Waals surface area (Å²) < 4.78 is 4.87. The Bertz CT molecular complexity index is 440. The first-order valence-corrected chi connectivity index (χ1v) is 5.96. The highest BCUT2D eigenvalue weighted by atomic mass is 16.6. The van der Waals surface area contributed by atoms with Crippen molar-refractivity contribution in [1.29, 1.82) is 0 Å². The van der Waals surface area contributed by atoms with Crippen molar-refractivity contribution in [3.8, 4) is 5.88 Å². The van der Waals surface area contributed by atoms with Crippen LogP contribution in [-0.2, 0) is 0 Å². The van der Waals surface area contributed by atoms with Crippen molar-refractivity contribution >= 4 is 11.5 Å². The van der Waals surface area contributed by atoms with E-state index in [1.165, 1.54) is 13.4 Å².